The molecule has 0 fully saturated rings. The van der Waals surface area contributed by atoms with Crippen LogP contribution in [0.3, 0.4) is 0 Å². The number of aromatic nitrogens is 1. The van der Waals surface area contributed by atoms with Gasteiger partial charge in [-0.05, 0) is 12.5 Å². The van der Waals surface area contributed by atoms with Crippen LogP contribution in [0.2, 0.25) is 0 Å². The number of nitrogens with zero attached hydrogens (tertiary/aromatic N) is 1. The third-order valence-corrected chi connectivity index (χ3v) is 2.74. The molecule has 0 unspecified atom stereocenters. The van der Waals surface area contributed by atoms with Gasteiger partial charge < -0.3 is 10.5 Å². The first-order valence-electron chi connectivity index (χ1n) is 4.16. The Morgan fingerprint density at radius 2 is 2.46 bits per heavy atom. The summed E-state index contributed by atoms with van der Waals surface area (Å²) in [4.78, 5) is 5.03. The lowest BCUT2D eigenvalue weighted by atomic mass is 10.4. The van der Waals surface area contributed by atoms with Crippen LogP contribution in [0.1, 0.15) is 6.42 Å². The van der Waals surface area contributed by atoms with Crippen molar-refractivity contribution in [3.63, 3.8) is 0 Å². The van der Waals surface area contributed by atoms with Gasteiger partial charge in [-0.2, -0.15) is 0 Å². The van der Waals surface area contributed by atoms with E-state index >= 15 is 0 Å². The van der Waals surface area contributed by atoms with Crippen LogP contribution in [0.15, 0.2) is 23.4 Å². The van der Waals surface area contributed by atoms with Crippen molar-refractivity contribution in [2.75, 3.05) is 25.2 Å². The average Bonchev–Trinajstić information content (AvgIpc) is 2.15. The van der Waals surface area contributed by atoms with Crippen molar-refractivity contribution in [2.45, 2.75) is 11.3 Å². The number of ether oxygens (including phenoxy) is 1. The second-order valence-corrected chi connectivity index (χ2v) is 3.75. The smallest absolute Gasteiger partial charge is 0.0638 e. The second-order valence-electron chi connectivity index (χ2n) is 2.61. The van der Waals surface area contributed by atoms with E-state index in [1.165, 1.54) is 0 Å². The van der Waals surface area contributed by atoms with Crippen molar-refractivity contribution in [2.24, 2.45) is 0 Å². The van der Waals surface area contributed by atoms with E-state index in [1.54, 1.807) is 31.3 Å². The van der Waals surface area contributed by atoms with Gasteiger partial charge in [0.1, 0.15) is 0 Å². The molecule has 0 aliphatic heterocycles. The number of pyridine rings is 1. The molecule has 0 aliphatic carbocycles. The van der Waals surface area contributed by atoms with Gasteiger partial charge in [0, 0.05) is 30.6 Å². The molecule has 1 aromatic rings. The quantitative estimate of drug-likeness (QED) is 0.579. The molecule has 0 saturated carbocycles. The Hall–Kier alpha value is -0.740. The van der Waals surface area contributed by atoms with Crippen LogP contribution in [-0.2, 0) is 4.74 Å². The van der Waals surface area contributed by atoms with Gasteiger partial charge in [-0.25, -0.2) is 0 Å². The molecule has 0 spiro atoms. The predicted molar refractivity (Wildman–Crippen MR) is 55.9 cm³/mol. The summed E-state index contributed by atoms with van der Waals surface area (Å²) < 4.78 is 4.95. The van der Waals surface area contributed by atoms with Crippen LogP contribution in [-0.4, -0.2) is 24.5 Å². The zero-order chi connectivity index (χ0) is 9.52. The molecule has 0 radical (unpaired) electrons. The highest BCUT2D eigenvalue weighted by molar-refractivity contribution is 7.99. The Morgan fingerprint density at radius 1 is 1.62 bits per heavy atom. The minimum absolute atomic E-state index is 0.755. The summed E-state index contributed by atoms with van der Waals surface area (Å²) in [6.07, 6.45) is 4.48. The number of anilines is 1. The van der Waals surface area contributed by atoms with Crippen molar-refractivity contribution in [3.05, 3.63) is 18.5 Å². The van der Waals surface area contributed by atoms with Gasteiger partial charge in [-0.1, -0.05) is 0 Å². The molecule has 0 bridgehead atoms. The number of hydrogen-bond acceptors (Lipinski definition) is 4. The molecular formula is C9H14N2OS. The van der Waals surface area contributed by atoms with Crippen molar-refractivity contribution >= 4 is 17.4 Å². The van der Waals surface area contributed by atoms with Gasteiger partial charge >= 0.3 is 0 Å². The fourth-order valence-corrected chi connectivity index (χ4v) is 1.77. The van der Waals surface area contributed by atoms with Crippen LogP contribution in [0.25, 0.3) is 0 Å². The van der Waals surface area contributed by atoms with Gasteiger partial charge in [0.05, 0.1) is 11.9 Å². The van der Waals surface area contributed by atoms with E-state index in [4.69, 9.17) is 10.5 Å². The molecule has 1 heterocycles. The molecule has 3 nitrogen and oxygen atoms in total. The summed E-state index contributed by atoms with van der Waals surface area (Å²) in [6.45, 7) is 0.804. The molecule has 0 aliphatic rings. The first-order valence-corrected chi connectivity index (χ1v) is 5.14. The van der Waals surface area contributed by atoms with Gasteiger partial charge in [-0.15, -0.1) is 11.8 Å². The van der Waals surface area contributed by atoms with Gasteiger partial charge in [-0.3, -0.25) is 4.98 Å². The molecule has 2 N–H and O–H groups in total. The SMILES string of the molecule is COCCCSc1ccncc1N. The zero-order valence-electron chi connectivity index (χ0n) is 7.69. The van der Waals surface area contributed by atoms with Gasteiger partial charge in [0.2, 0.25) is 0 Å². The number of methoxy groups -OCH3 is 1. The van der Waals surface area contributed by atoms with Crippen LogP contribution >= 0.6 is 11.8 Å². The Labute approximate surface area is 82.7 Å². The van der Waals surface area contributed by atoms with Crippen molar-refractivity contribution in [1.29, 1.82) is 0 Å². The fraction of sp³-hybridized carbons (Fsp3) is 0.444. The number of nitrogens with two attached hydrogens (primary N) is 1. The van der Waals surface area contributed by atoms with E-state index in [1.807, 2.05) is 6.07 Å². The largest absolute Gasteiger partial charge is 0.397 e. The normalized spacial score (nSPS) is 10.2. The summed E-state index contributed by atoms with van der Waals surface area (Å²) in [5, 5.41) is 0. The Bertz CT molecular complexity index is 255. The van der Waals surface area contributed by atoms with Gasteiger partial charge in [0.15, 0.2) is 0 Å². The highest BCUT2D eigenvalue weighted by Crippen LogP contribution is 2.23. The summed E-state index contributed by atoms with van der Waals surface area (Å²) in [6, 6.07) is 1.94. The third kappa shape index (κ3) is 3.65. The van der Waals surface area contributed by atoms with Crippen molar-refractivity contribution < 1.29 is 4.74 Å². The Morgan fingerprint density at radius 3 is 3.15 bits per heavy atom. The summed E-state index contributed by atoms with van der Waals surface area (Å²) in [7, 11) is 1.71. The van der Waals surface area contributed by atoms with E-state index in [-0.39, 0.29) is 0 Å². The molecule has 0 saturated heterocycles. The van der Waals surface area contributed by atoms with E-state index in [0.717, 1.165) is 29.4 Å². The third-order valence-electron chi connectivity index (χ3n) is 1.56. The molecule has 72 valence electrons. The first-order chi connectivity index (χ1) is 6.34. The second kappa shape index (κ2) is 5.83. The van der Waals surface area contributed by atoms with Crippen LogP contribution in [0, 0.1) is 0 Å². The highest BCUT2D eigenvalue weighted by Gasteiger charge is 1.97. The maximum absolute atomic E-state index is 5.72. The van der Waals surface area contributed by atoms with Crippen LogP contribution in [0.5, 0.6) is 0 Å². The van der Waals surface area contributed by atoms with Gasteiger partial charge in [0.25, 0.3) is 0 Å². The topological polar surface area (TPSA) is 48.1 Å². The van der Waals surface area contributed by atoms with E-state index in [2.05, 4.69) is 4.98 Å². The zero-order valence-corrected chi connectivity index (χ0v) is 8.51. The lowest BCUT2D eigenvalue weighted by Crippen LogP contribution is -1.93. The maximum atomic E-state index is 5.72. The first kappa shape index (κ1) is 10.3. The lowest BCUT2D eigenvalue weighted by molar-refractivity contribution is 0.200. The van der Waals surface area contributed by atoms with Crippen LogP contribution < -0.4 is 5.73 Å². The highest BCUT2D eigenvalue weighted by atomic mass is 32.2. The molecule has 1 rings (SSSR count). The summed E-state index contributed by atoms with van der Waals surface area (Å²) >= 11 is 1.74. The standard InChI is InChI=1S/C9H14N2OS/c1-12-5-2-6-13-9-3-4-11-7-8(9)10/h3-4,7H,2,5-6,10H2,1H3. The lowest BCUT2D eigenvalue weighted by Gasteiger charge is -2.03. The molecule has 0 aromatic carbocycles. The maximum Gasteiger partial charge on any atom is 0.0638 e. The Balaban J connectivity index is 2.32. The summed E-state index contributed by atoms with van der Waals surface area (Å²) in [5.74, 6) is 1.03. The van der Waals surface area contributed by atoms with Crippen molar-refractivity contribution in [1.82, 2.24) is 4.98 Å². The average molecular weight is 198 g/mol. The minimum atomic E-state index is 0.755. The van der Waals surface area contributed by atoms with E-state index in [0.29, 0.717) is 0 Å². The molecular weight excluding hydrogens is 184 g/mol. The van der Waals surface area contributed by atoms with Crippen molar-refractivity contribution in [3.8, 4) is 0 Å². The number of thioether (sulfide) groups is 1. The predicted octanol–water partition coefficient (Wildman–Crippen LogP) is 1.79. The summed E-state index contributed by atoms with van der Waals surface area (Å²) in [5.41, 5.74) is 6.48. The fourth-order valence-electron chi connectivity index (χ4n) is 0.911. The minimum Gasteiger partial charge on any atom is -0.397 e. The molecule has 13 heavy (non-hydrogen) atoms. The molecule has 0 amide bonds. The van der Waals surface area contributed by atoms with E-state index < -0.39 is 0 Å². The number of rotatable bonds is 5. The molecule has 1 aromatic heterocycles. The Kier molecular flexibility index (Phi) is 4.64. The monoisotopic (exact) mass is 198 g/mol. The van der Waals surface area contributed by atoms with Crippen LogP contribution in [0.4, 0.5) is 5.69 Å². The number of nitrogen functional groups attached to an aromatic ring is 1. The van der Waals surface area contributed by atoms with E-state index in [9.17, 15) is 0 Å². The molecule has 4 heteroatoms. The number of hydrogen-bond donors (Lipinski definition) is 1. The molecule has 0 atom stereocenters.